The van der Waals surface area contributed by atoms with E-state index < -0.39 is 0 Å². The molecule has 0 radical (unpaired) electrons. The van der Waals surface area contributed by atoms with E-state index in [1.54, 1.807) is 23.1 Å². The van der Waals surface area contributed by atoms with E-state index in [2.05, 4.69) is 21.9 Å². The second-order valence-corrected chi connectivity index (χ2v) is 9.20. The molecule has 0 aliphatic carbocycles. The lowest BCUT2D eigenvalue weighted by atomic mass is 9.73. The maximum absolute atomic E-state index is 6.46. The molecule has 2 saturated heterocycles. The average Bonchev–Trinajstić information content (AvgIpc) is 3.28. The van der Waals surface area contributed by atoms with Gasteiger partial charge in [-0.3, -0.25) is 0 Å². The van der Waals surface area contributed by atoms with Crippen LogP contribution in [-0.4, -0.2) is 51.6 Å². The van der Waals surface area contributed by atoms with Gasteiger partial charge in [-0.05, 0) is 38.3 Å². The minimum Gasteiger partial charge on any atom is -0.376 e. The summed E-state index contributed by atoms with van der Waals surface area (Å²) < 4.78 is 7.53. The predicted molar refractivity (Wildman–Crippen MR) is 119 cm³/mol. The standard InChI is InChI=1S/C21H24Cl2N6O/c1-12-3-4-14(22)17(23)18(12)29-20-15(9-26-29)27-16(10-25-20)28-7-5-21(6-8-28)11-30-13(2)19(21)24/h3-4,9-10,13,19H,5-8,11,24H2,1-2H3/t13-,19+/m0/s1. The van der Waals surface area contributed by atoms with Gasteiger partial charge in [0.25, 0.3) is 0 Å². The molecular weight excluding hydrogens is 423 g/mol. The molecular formula is C21H24Cl2N6O. The summed E-state index contributed by atoms with van der Waals surface area (Å²) >= 11 is 12.7. The molecule has 2 atom stereocenters. The topological polar surface area (TPSA) is 82.1 Å². The first-order valence-electron chi connectivity index (χ1n) is 10.2. The van der Waals surface area contributed by atoms with Crippen LogP contribution in [0.1, 0.15) is 25.3 Å². The zero-order valence-electron chi connectivity index (χ0n) is 17.0. The number of halogens is 2. The van der Waals surface area contributed by atoms with Gasteiger partial charge in [0.2, 0.25) is 0 Å². The van der Waals surface area contributed by atoms with Crippen molar-refractivity contribution in [2.24, 2.45) is 11.1 Å². The SMILES string of the molecule is Cc1ccc(Cl)c(Cl)c1-n1ncc2nc(N3CCC4(CC3)CO[C@@H](C)[C@H]4N)cnc21. The minimum absolute atomic E-state index is 0.0825. The molecule has 2 N–H and O–H groups in total. The predicted octanol–water partition coefficient (Wildman–Crippen LogP) is 3.76. The van der Waals surface area contributed by atoms with Crippen molar-refractivity contribution in [3.63, 3.8) is 0 Å². The number of hydrogen-bond acceptors (Lipinski definition) is 6. The number of fused-ring (bicyclic) bond motifs is 1. The van der Waals surface area contributed by atoms with Crippen LogP contribution in [0.25, 0.3) is 16.9 Å². The Morgan fingerprint density at radius 2 is 1.97 bits per heavy atom. The molecule has 9 heteroatoms. The van der Waals surface area contributed by atoms with Gasteiger partial charge < -0.3 is 15.4 Å². The highest BCUT2D eigenvalue weighted by Crippen LogP contribution is 2.42. The first-order chi connectivity index (χ1) is 14.4. The molecule has 3 aromatic rings. The van der Waals surface area contributed by atoms with Crippen LogP contribution < -0.4 is 10.6 Å². The van der Waals surface area contributed by atoms with Crippen molar-refractivity contribution in [1.29, 1.82) is 0 Å². The molecule has 2 aliphatic rings. The summed E-state index contributed by atoms with van der Waals surface area (Å²) in [5.41, 5.74) is 9.58. The summed E-state index contributed by atoms with van der Waals surface area (Å²) in [5, 5.41) is 5.43. The number of rotatable bonds is 2. The number of aryl methyl sites for hydroxylation is 1. The summed E-state index contributed by atoms with van der Waals surface area (Å²) in [7, 11) is 0. The third-order valence-corrected chi connectivity index (χ3v) is 7.47. The molecule has 0 saturated carbocycles. The fourth-order valence-electron chi connectivity index (χ4n) is 4.67. The number of aromatic nitrogens is 4. The van der Waals surface area contributed by atoms with Gasteiger partial charge in [0.05, 0.1) is 40.8 Å². The van der Waals surface area contributed by atoms with Gasteiger partial charge in [0.1, 0.15) is 11.3 Å². The highest BCUT2D eigenvalue weighted by molar-refractivity contribution is 6.43. The Balaban J connectivity index is 1.42. The Morgan fingerprint density at radius 1 is 1.20 bits per heavy atom. The third kappa shape index (κ3) is 3.07. The lowest BCUT2D eigenvalue weighted by Gasteiger charge is -2.41. The van der Waals surface area contributed by atoms with Crippen molar-refractivity contribution in [2.75, 3.05) is 24.6 Å². The van der Waals surface area contributed by atoms with E-state index in [0.29, 0.717) is 15.7 Å². The van der Waals surface area contributed by atoms with Gasteiger partial charge in [-0.15, -0.1) is 0 Å². The molecule has 2 aromatic heterocycles. The molecule has 7 nitrogen and oxygen atoms in total. The Morgan fingerprint density at radius 3 is 2.67 bits per heavy atom. The van der Waals surface area contributed by atoms with Gasteiger partial charge in [0, 0.05) is 24.5 Å². The second-order valence-electron chi connectivity index (χ2n) is 8.41. The van der Waals surface area contributed by atoms with Crippen LogP contribution in [0.2, 0.25) is 10.0 Å². The first kappa shape index (κ1) is 20.0. The second kappa shape index (κ2) is 7.34. The number of nitrogens with zero attached hydrogens (tertiary/aromatic N) is 5. The summed E-state index contributed by atoms with van der Waals surface area (Å²) in [6.45, 7) is 6.56. The van der Waals surface area contributed by atoms with E-state index >= 15 is 0 Å². The van der Waals surface area contributed by atoms with Crippen LogP contribution >= 0.6 is 23.2 Å². The highest BCUT2D eigenvalue weighted by Gasteiger charge is 2.47. The van der Waals surface area contributed by atoms with Crippen molar-refractivity contribution in [3.05, 3.63) is 40.1 Å². The molecule has 1 spiro atoms. The lowest BCUT2D eigenvalue weighted by molar-refractivity contribution is 0.0974. The number of anilines is 1. The molecule has 30 heavy (non-hydrogen) atoms. The van der Waals surface area contributed by atoms with Gasteiger partial charge in [-0.1, -0.05) is 29.3 Å². The van der Waals surface area contributed by atoms with Crippen LogP contribution in [0.3, 0.4) is 0 Å². The van der Waals surface area contributed by atoms with Crippen LogP contribution in [0.5, 0.6) is 0 Å². The van der Waals surface area contributed by atoms with E-state index in [1.807, 2.05) is 13.0 Å². The normalized spacial score (nSPS) is 23.6. The van der Waals surface area contributed by atoms with Crippen LogP contribution in [0, 0.1) is 12.3 Å². The largest absolute Gasteiger partial charge is 0.376 e. The van der Waals surface area contributed by atoms with Gasteiger partial charge >= 0.3 is 0 Å². The van der Waals surface area contributed by atoms with Crippen molar-refractivity contribution in [3.8, 4) is 5.69 Å². The summed E-state index contributed by atoms with van der Waals surface area (Å²) in [6, 6.07) is 3.79. The monoisotopic (exact) mass is 446 g/mol. The maximum atomic E-state index is 6.46. The van der Waals surface area contributed by atoms with Crippen molar-refractivity contribution < 1.29 is 4.74 Å². The minimum atomic E-state index is 0.0825. The van der Waals surface area contributed by atoms with Gasteiger partial charge in [-0.2, -0.15) is 5.10 Å². The summed E-state index contributed by atoms with van der Waals surface area (Å²) in [5.74, 6) is 0.853. The zero-order chi connectivity index (χ0) is 21.0. The summed E-state index contributed by atoms with van der Waals surface area (Å²) in [4.78, 5) is 11.7. The smallest absolute Gasteiger partial charge is 0.181 e. The number of hydrogen-bond donors (Lipinski definition) is 1. The van der Waals surface area contributed by atoms with E-state index in [1.165, 1.54) is 0 Å². The fourth-order valence-corrected chi connectivity index (χ4v) is 5.12. The van der Waals surface area contributed by atoms with E-state index in [0.717, 1.165) is 55.1 Å². The van der Waals surface area contributed by atoms with Crippen molar-refractivity contribution in [1.82, 2.24) is 19.7 Å². The lowest BCUT2D eigenvalue weighted by Crippen LogP contribution is -2.50. The van der Waals surface area contributed by atoms with E-state index in [-0.39, 0.29) is 17.6 Å². The number of ether oxygens (including phenoxy) is 1. The molecule has 5 rings (SSSR count). The molecule has 4 heterocycles. The molecule has 2 fully saturated rings. The van der Waals surface area contributed by atoms with E-state index in [9.17, 15) is 0 Å². The Hall–Kier alpha value is -1.93. The maximum Gasteiger partial charge on any atom is 0.181 e. The molecule has 0 amide bonds. The Labute approximate surface area is 185 Å². The van der Waals surface area contributed by atoms with Crippen LogP contribution in [0.15, 0.2) is 24.5 Å². The van der Waals surface area contributed by atoms with E-state index in [4.69, 9.17) is 38.7 Å². The Kier molecular flexibility index (Phi) is 4.89. The zero-order valence-corrected chi connectivity index (χ0v) is 18.5. The fraction of sp³-hybridized carbons (Fsp3) is 0.476. The number of benzene rings is 1. The molecule has 2 aliphatic heterocycles. The molecule has 1 aromatic carbocycles. The molecule has 158 valence electrons. The molecule has 0 bridgehead atoms. The third-order valence-electron chi connectivity index (χ3n) is 6.67. The first-order valence-corrected chi connectivity index (χ1v) is 10.9. The average molecular weight is 447 g/mol. The highest BCUT2D eigenvalue weighted by atomic mass is 35.5. The number of nitrogens with two attached hydrogens (primary N) is 1. The Bertz CT molecular complexity index is 1110. The van der Waals surface area contributed by atoms with Crippen LogP contribution in [-0.2, 0) is 4.74 Å². The van der Waals surface area contributed by atoms with Crippen LogP contribution in [0.4, 0.5) is 5.82 Å². The van der Waals surface area contributed by atoms with Crippen molar-refractivity contribution >= 4 is 40.2 Å². The van der Waals surface area contributed by atoms with Crippen molar-refractivity contribution in [2.45, 2.75) is 38.8 Å². The van der Waals surface area contributed by atoms with Gasteiger partial charge in [-0.25, -0.2) is 14.6 Å². The quantitative estimate of drug-likeness (QED) is 0.644. The van der Waals surface area contributed by atoms with Gasteiger partial charge in [0.15, 0.2) is 5.65 Å². The number of piperidine rings is 1. The summed E-state index contributed by atoms with van der Waals surface area (Å²) in [6.07, 6.45) is 5.64. The molecule has 0 unspecified atom stereocenters.